The highest BCUT2D eigenvalue weighted by atomic mass is 16.6. The van der Waals surface area contributed by atoms with Crippen molar-refractivity contribution in [1.82, 2.24) is 9.80 Å². The third-order valence-electron chi connectivity index (χ3n) is 7.06. The summed E-state index contributed by atoms with van der Waals surface area (Å²) in [6, 6.07) is 16.6. The average Bonchev–Trinajstić information content (AvgIpc) is 3.02. The van der Waals surface area contributed by atoms with E-state index in [0.29, 0.717) is 19.5 Å². The van der Waals surface area contributed by atoms with Crippen LogP contribution < -0.4 is 0 Å². The van der Waals surface area contributed by atoms with Gasteiger partial charge in [0.2, 0.25) is 5.91 Å². The molecule has 0 bridgehead atoms. The van der Waals surface area contributed by atoms with Gasteiger partial charge in [-0.3, -0.25) is 9.69 Å². The number of amides is 2. The molecule has 4 rings (SSSR count). The summed E-state index contributed by atoms with van der Waals surface area (Å²) in [4.78, 5) is 30.0. The summed E-state index contributed by atoms with van der Waals surface area (Å²) in [5, 5.41) is 0. The molecular formula is C32H40N2O3. The van der Waals surface area contributed by atoms with E-state index in [0.717, 1.165) is 12.8 Å². The maximum Gasteiger partial charge on any atom is 0.410 e. The molecule has 1 saturated heterocycles. The SMILES string of the molecule is CC(C)C[C@@H](C(=O)N1CCC(=C2c3ccccc3C=Cc3ccccc32)CC1)N(C)C(=O)OC(C)(C)C. The van der Waals surface area contributed by atoms with Crippen molar-refractivity contribution in [3.05, 3.63) is 76.4 Å². The van der Waals surface area contributed by atoms with Crippen LogP contribution in [0.1, 0.15) is 76.1 Å². The summed E-state index contributed by atoms with van der Waals surface area (Å²) in [5.41, 5.74) is 7.01. The molecule has 0 unspecified atom stereocenters. The van der Waals surface area contributed by atoms with Crippen LogP contribution in [0.4, 0.5) is 4.79 Å². The highest BCUT2D eigenvalue weighted by molar-refractivity contribution is 5.95. The zero-order chi connectivity index (χ0) is 26.7. The molecule has 2 amide bonds. The van der Waals surface area contributed by atoms with Crippen molar-refractivity contribution in [2.75, 3.05) is 20.1 Å². The molecule has 37 heavy (non-hydrogen) atoms. The molecule has 0 N–H and O–H groups in total. The predicted molar refractivity (Wildman–Crippen MR) is 151 cm³/mol. The molecule has 0 spiro atoms. The van der Waals surface area contributed by atoms with Gasteiger partial charge in [0.05, 0.1) is 0 Å². The van der Waals surface area contributed by atoms with Crippen LogP contribution in [0.25, 0.3) is 17.7 Å². The number of hydrogen-bond donors (Lipinski definition) is 0. The van der Waals surface area contributed by atoms with Crippen molar-refractivity contribution in [1.29, 1.82) is 0 Å². The normalized spacial score (nSPS) is 16.1. The fourth-order valence-corrected chi connectivity index (χ4v) is 5.24. The van der Waals surface area contributed by atoms with Gasteiger partial charge in [0.1, 0.15) is 11.6 Å². The maximum atomic E-state index is 13.7. The molecule has 2 aromatic carbocycles. The average molecular weight is 501 g/mol. The van der Waals surface area contributed by atoms with Crippen LogP contribution in [-0.2, 0) is 9.53 Å². The molecule has 1 atom stereocenters. The lowest BCUT2D eigenvalue weighted by Gasteiger charge is -2.37. The zero-order valence-corrected chi connectivity index (χ0v) is 23.1. The molecule has 5 nitrogen and oxygen atoms in total. The van der Waals surface area contributed by atoms with E-state index in [9.17, 15) is 9.59 Å². The summed E-state index contributed by atoms with van der Waals surface area (Å²) in [5.74, 6) is 0.280. The Morgan fingerprint density at radius 1 is 0.919 bits per heavy atom. The number of ether oxygens (including phenoxy) is 1. The molecule has 1 fully saturated rings. The van der Waals surface area contributed by atoms with E-state index < -0.39 is 17.7 Å². The van der Waals surface area contributed by atoms with Crippen molar-refractivity contribution in [2.45, 2.75) is 65.5 Å². The minimum atomic E-state index is -0.608. The van der Waals surface area contributed by atoms with Crippen molar-refractivity contribution >= 4 is 29.7 Å². The molecule has 0 radical (unpaired) electrons. The Bertz CT molecular complexity index is 1160. The highest BCUT2D eigenvalue weighted by Crippen LogP contribution is 2.38. The third-order valence-corrected chi connectivity index (χ3v) is 7.06. The van der Waals surface area contributed by atoms with Crippen molar-refractivity contribution in [2.24, 2.45) is 5.92 Å². The van der Waals surface area contributed by atoms with Crippen LogP contribution in [-0.4, -0.2) is 53.6 Å². The van der Waals surface area contributed by atoms with E-state index in [1.165, 1.54) is 38.3 Å². The maximum absolute atomic E-state index is 13.7. The first-order valence-electron chi connectivity index (χ1n) is 13.4. The second kappa shape index (κ2) is 11.0. The van der Waals surface area contributed by atoms with E-state index >= 15 is 0 Å². The number of carbonyl (C=O) groups excluding carboxylic acids is 2. The molecule has 1 heterocycles. The van der Waals surface area contributed by atoms with Crippen molar-refractivity contribution < 1.29 is 14.3 Å². The van der Waals surface area contributed by atoms with E-state index in [-0.39, 0.29) is 11.8 Å². The Balaban J connectivity index is 1.59. The number of fused-ring (bicyclic) bond motifs is 2. The monoisotopic (exact) mass is 500 g/mol. The lowest BCUT2D eigenvalue weighted by Crippen LogP contribution is -2.52. The molecular weight excluding hydrogens is 460 g/mol. The Labute approximate surface area is 221 Å². The number of hydrogen-bond acceptors (Lipinski definition) is 3. The lowest BCUT2D eigenvalue weighted by molar-refractivity contribution is -0.137. The second-order valence-corrected chi connectivity index (χ2v) is 11.5. The topological polar surface area (TPSA) is 49.9 Å². The van der Waals surface area contributed by atoms with Gasteiger partial charge >= 0.3 is 6.09 Å². The molecule has 2 aliphatic rings. The van der Waals surface area contributed by atoms with E-state index in [2.05, 4.69) is 74.5 Å². The number of benzene rings is 2. The van der Waals surface area contributed by atoms with E-state index in [1.807, 2.05) is 25.7 Å². The molecule has 0 aromatic heterocycles. The number of rotatable bonds is 4. The number of nitrogens with zero attached hydrogens (tertiary/aromatic N) is 2. The smallest absolute Gasteiger partial charge is 0.410 e. The van der Waals surface area contributed by atoms with Crippen LogP contribution >= 0.6 is 0 Å². The van der Waals surface area contributed by atoms with E-state index in [1.54, 1.807) is 7.05 Å². The molecule has 2 aromatic rings. The zero-order valence-electron chi connectivity index (χ0n) is 23.1. The predicted octanol–water partition coefficient (Wildman–Crippen LogP) is 6.88. The van der Waals surface area contributed by atoms with Crippen LogP contribution in [0.2, 0.25) is 0 Å². The van der Waals surface area contributed by atoms with Gasteiger partial charge in [-0.2, -0.15) is 0 Å². The van der Waals surface area contributed by atoms with E-state index in [4.69, 9.17) is 4.74 Å². The van der Waals surface area contributed by atoms with Gasteiger partial charge in [0.15, 0.2) is 0 Å². The summed E-state index contributed by atoms with van der Waals surface area (Å²) >= 11 is 0. The van der Waals surface area contributed by atoms with Crippen LogP contribution in [0.5, 0.6) is 0 Å². The Hall–Kier alpha value is -3.34. The number of likely N-dealkylation sites (tertiary alicyclic amines) is 1. The first kappa shape index (κ1) is 26.7. The molecule has 1 aliphatic carbocycles. The minimum Gasteiger partial charge on any atom is -0.444 e. The largest absolute Gasteiger partial charge is 0.444 e. The van der Waals surface area contributed by atoms with Gasteiger partial charge in [0, 0.05) is 20.1 Å². The fourth-order valence-electron chi connectivity index (χ4n) is 5.24. The highest BCUT2D eigenvalue weighted by Gasteiger charge is 2.35. The minimum absolute atomic E-state index is 0.00874. The quantitative estimate of drug-likeness (QED) is 0.392. The Morgan fingerprint density at radius 2 is 1.43 bits per heavy atom. The summed E-state index contributed by atoms with van der Waals surface area (Å²) in [6.07, 6.45) is 6.17. The molecule has 1 aliphatic heterocycles. The van der Waals surface area contributed by atoms with Crippen LogP contribution in [0, 0.1) is 5.92 Å². The Morgan fingerprint density at radius 3 is 1.92 bits per heavy atom. The second-order valence-electron chi connectivity index (χ2n) is 11.5. The number of likely N-dealkylation sites (N-methyl/N-ethyl adjacent to an activating group) is 1. The fraction of sp³-hybridized carbons (Fsp3) is 0.438. The van der Waals surface area contributed by atoms with Crippen LogP contribution in [0.3, 0.4) is 0 Å². The first-order valence-corrected chi connectivity index (χ1v) is 13.4. The lowest BCUT2D eigenvalue weighted by atomic mass is 9.86. The van der Waals surface area contributed by atoms with Crippen LogP contribution in [0.15, 0.2) is 54.1 Å². The van der Waals surface area contributed by atoms with Crippen molar-refractivity contribution in [3.8, 4) is 0 Å². The van der Waals surface area contributed by atoms with Gasteiger partial charge in [-0.1, -0.05) is 80.1 Å². The standard InChI is InChI=1S/C32H40N2O3/c1-22(2)21-28(33(6)31(36)37-32(3,4)5)30(35)34-19-17-25(18-20-34)29-26-13-9-7-11-23(26)15-16-24-12-8-10-14-27(24)29/h7-16,22,28H,17-21H2,1-6H3/t28-/m0/s1. The summed E-state index contributed by atoms with van der Waals surface area (Å²) < 4.78 is 5.58. The molecule has 5 heteroatoms. The molecule has 196 valence electrons. The van der Waals surface area contributed by atoms with Gasteiger partial charge in [0.25, 0.3) is 0 Å². The van der Waals surface area contributed by atoms with Gasteiger partial charge < -0.3 is 9.64 Å². The third kappa shape index (κ3) is 6.15. The Kier molecular flexibility index (Phi) is 7.91. The van der Waals surface area contributed by atoms with Crippen molar-refractivity contribution in [3.63, 3.8) is 0 Å². The summed E-state index contributed by atoms with van der Waals surface area (Å²) in [7, 11) is 1.68. The number of carbonyl (C=O) groups is 2. The van der Waals surface area contributed by atoms with Gasteiger partial charge in [-0.15, -0.1) is 0 Å². The number of piperidine rings is 1. The summed E-state index contributed by atoms with van der Waals surface area (Å²) in [6.45, 7) is 11.0. The van der Waals surface area contributed by atoms with Gasteiger partial charge in [-0.05, 0) is 73.8 Å². The van der Waals surface area contributed by atoms with Gasteiger partial charge in [-0.25, -0.2) is 4.79 Å². The molecule has 0 saturated carbocycles. The first-order chi connectivity index (χ1) is 17.5.